The highest BCUT2D eigenvalue weighted by Gasteiger charge is 2.06. The maximum atomic E-state index is 6.09. The number of hydrogen-bond donors (Lipinski definition) is 2. The molecular weight excluding hydrogens is 292 g/mol. The first kappa shape index (κ1) is 14.8. The van der Waals surface area contributed by atoms with Crippen LogP contribution in [0.4, 0.5) is 11.4 Å². The standard InChI is InChI=1S/C14H17ClN4S/c1-4-19-8-13(10(3)18-19)17-14(20)16-11-6-5-9(2)12(15)7-11/h5-8H,4H2,1-3H3,(H2,16,17,20). The lowest BCUT2D eigenvalue weighted by Gasteiger charge is -2.10. The van der Waals surface area contributed by atoms with Gasteiger partial charge in [-0.15, -0.1) is 0 Å². The Bertz CT molecular complexity index is 636. The summed E-state index contributed by atoms with van der Waals surface area (Å²) in [6.45, 7) is 6.78. The lowest BCUT2D eigenvalue weighted by atomic mass is 10.2. The molecule has 2 N–H and O–H groups in total. The number of thiocarbonyl (C=S) groups is 1. The van der Waals surface area contributed by atoms with E-state index >= 15 is 0 Å². The molecule has 0 amide bonds. The third-order valence-corrected chi connectivity index (χ3v) is 3.56. The van der Waals surface area contributed by atoms with Crippen LogP contribution < -0.4 is 10.6 Å². The van der Waals surface area contributed by atoms with Gasteiger partial charge in [-0.05, 0) is 50.7 Å². The second kappa shape index (κ2) is 6.24. The Balaban J connectivity index is 2.04. The van der Waals surface area contributed by atoms with Crippen LogP contribution in [0.3, 0.4) is 0 Å². The topological polar surface area (TPSA) is 41.9 Å². The average Bonchev–Trinajstić information content (AvgIpc) is 2.74. The van der Waals surface area contributed by atoms with Crippen molar-refractivity contribution in [2.75, 3.05) is 10.6 Å². The second-order valence-corrected chi connectivity index (χ2v) is 5.34. The summed E-state index contributed by atoms with van der Waals surface area (Å²) in [5, 5.41) is 11.8. The summed E-state index contributed by atoms with van der Waals surface area (Å²) in [6, 6.07) is 5.75. The number of aromatic nitrogens is 2. The van der Waals surface area contributed by atoms with Gasteiger partial charge in [0, 0.05) is 23.5 Å². The summed E-state index contributed by atoms with van der Waals surface area (Å²) in [5.41, 5.74) is 3.72. The smallest absolute Gasteiger partial charge is 0.175 e. The Morgan fingerprint density at radius 3 is 2.70 bits per heavy atom. The van der Waals surface area contributed by atoms with Gasteiger partial charge >= 0.3 is 0 Å². The fraction of sp³-hybridized carbons (Fsp3) is 0.286. The molecule has 0 saturated heterocycles. The van der Waals surface area contributed by atoms with Crippen LogP contribution in [0, 0.1) is 13.8 Å². The summed E-state index contributed by atoms with van der Waals surface area (Å²) in [4.78, 5) is 0. The van der Waals surface area contributed by atoms with Crippen LogP contribution in [0.15, 0.2) is 24.4 Å². The van der Waals surface area contributed by atoms with E-state index in [0.717, 1.165) is 29.2 Å². The minimum atomic E-state index is 0.517. The zero-order valence-corrected chi connectivity index (χ0v) is 13.3. The first-order valence-electron chi connectivity index (χ1n) is 6.37. The molecule has 2 rings (SSSR count). The van der Waals surface area contributed by atoms with E-state index in [2.05, 4.69) is 15.7 Å². The van der Waals surface area contributed by atoms with Crippen molar-refractivity contribution in [1.29, 1.82) is 0 Å². The van der Waals surface area contributed by atoms with E-state index in [4.69, 9.17) is 23.8 Å². The molecule has 0 radical (unpaired) electrons. The van der Waals surface area contributed by atoms with Crippen molar-refractivity contribution in [3.63, 3.8) is 0 Å². The number of halogens is 1. The molecule has 0 fully saturated rings. The van der Waals surface area contributed by atoms with Gasteiger partial charge in [-0.25, -0.2) is 0 Å². The molecule has 0 aliphatic carbocycles. The monoisotopic (exact) mass is 308 g/mol. The fourth-order valence-electron chi connectivity index (χ4n) is 1.76. The van der Waals surface area contributed by atoms with Crippen LogP contribution in [0.2, 0.25) is 5.02 Å². The van der Waals surface area contributed by atoms with Crippen molar-refractivity contribution in [1.82, 2.24) is 9.78 Å². The highest BCUT2D eigenvalue weighted by atomic mass is 35.5. The molecule has 1 aromatic carbocycles. The van der Waals surface area contributed by atoms with E-state index in [9.17, 15) is 0 Å². The van der Waals surface area contributed by atoms with Gasteiger partial charge in [0.1, 0.15) is 0 Å². The van der Waals surface area contributed by atoms with Crippen molar-refractivity contribution in [2.24, 2.45) is 0 Å². The predicted molar refractivity (Wildman–Crippen MR) is 88.7 cm³/mol. The maximum Gasteiger partial charge on any atom is 0.175 e. The van der Waals surface area contributed by atoms with Crippen LogP contribution in [-0.4, -0.2) is 14.9 Å². The molecule has 6 heteroatoms. The highest BCUT2D eigenvalue weighted by Crippen LogP contribution is 2.20. The van der Waals surface area contributed by atoms with Gasteiger partial charge in [0.2, 0.25) is 0 Å². The zero-order valence-electron chi connectivity index (χ0n) is 11.7. The number of hydrogen-bond acceptors (Lipinski definition) is 2. The summed E-state index contributed by atoms with van der Waals surface area (Å²) < 4.78 is 1.86. The molecule has 0 aliphatic heterocycles. The van der Waals surface area contributed by atoms with Gasteiger partial charge < -0.3 is 10.6 Å². The first-order valence-corrected chi connectivity index (χ1v) is 7.16. The molecule has 0 spiro atoms. The van der Waals surface area contributed by atoms with Gasteiger partial charge in [0.05, 0.1) is 11.4 Å². The molecule has 0 bridgehead atoms. The van der Waals surface area contributed by atoms with Crippen molar-refractivity contribution < 1.29 is 0 Å². The molecule has 1 heterocycles. The highest BCUT2D eigenvalue weighted by molar-refractivity contribution is 7.80. The fourth-order valence-corrected chi connectivity index (χ4v) is 2.17. The van der Waals surface area contributed by atoms with E-state index in [0.29, 0.717) is 10.1 Å². The molecule has 2 aromatic rings. The first-order chi connectivity index (χ1) is 9.49. The van der Waals surface area contributed by atoms with E-state index < -0.39 is 0 Å². The molecule has 0 atom stereocenters. The molecule has 0 aliphatic rings. The van der Waals surface area contributed by atoms with Gasteiger partial charge in [0.15, 0.2) is 5.11 Å². The molecule has 106 valence electrons. The summed E-state index contributed by atoms with van der Waals surface area (Å²) in [7, 11) is 0. The van der Waals surface area contributed by atoms with E-state index in [-0.39, 0.29) is 0 Å². The number of benzene rings is 1. The van der Waals surface area contributed by atoms with Crippen molar-refractivity contribution >= 4 is 40.3 Å². The van der Waals surface area contributed by atoms with Crippen molar-refractivity contribution in [3.05, 3.63) is 40.7 Å². The molecule has 0 saturated carbocycles. The summed E-state index contributed by atoms with van der Waals surface area (Å²) in [6.07, 6.45) is 1.94. The summed E-state index contributed by atoms with van der Waals surface area (Å²) in [5.74, 6) is 0. The van der Waals surface area contributed by atoms with Crippen molar-refractivity contribution in [3.8, 4) is 0 Å². The SMILES string of the molecule is CCn1cc(NC(=S)Nc2ccc(C)c(Cl)c2)c(C)n1. The number of nitrogens with one attached hydrogen (secondary N) is 2. The number of nitrogens with zero attached hydrogens (tertiary/aromatic N) is 2. The Kier molecular flexibility index (Phi) is 4.62. The van der Waals surface area contributed by atoms with Gasteiger partial charge in [-0.2, -0.15) is 5.10 Å². The molecule has 1 aromatic heterocycles. The molecular formula is C14H17ClN4S. The third kappa shape index (κ3) is 3.49. The number of aryl methyl sites for hydroxylation is 3. The third-order valence-electron chi connectivity index (χ3n) is 2.95. The molecule has 0 unspecified atom stereocenters. The van der Waals surface area contributed by atoms with Crippen LogP contribution in [-0.2, 0) is 6.54 Å². The second-order valence-electron chi connectivity index (χ2n) is 4.53. The Morgan fingerprint density at radius 1 is 1.35 bits per heavy atom. The van der Waals surface area contributed by atoms with Gasteiger partial charge in [0.25, 0.3) is 0 Å². The normalized spacial score (nSPS) is 10.4. The zero-order chi connectivity index (χ0) is 14.7. The van der Waals surface area contributed by atoms with Gasteiger partial charge in [-0.3, -0.25) is 4.68 Å². The lowest BCUT2D eigenvalue weighted by molar-refractivity contribution is 0.653. The van der Waals surface area contributed by atoms with Crippen LogP contribution in [0.25, 0.3) is 0 Å². The quantitative estimate of drug-likeness (QED) is 0.842. The predicted octanol–water partition coefficient (Wildman–Crippen LogP) is 3.98. The van der Waals surface area contributed by atoms with E-state index in [1.54, 1.807) is 0 Å². The van der Waals surface area contributed by atoms with E-state index in [1.807, 2.05) is 49.8 Å². The Labute approximate surface area is 129 Å². The van der Waals surface area contributed by atoms with Crippen molar-refractivity contribution in [2.45, 2.75) is 27.3 Å². The number of rotatable bonds is 3. The average molecular weight is 309 g/mol. The Hall–Kier alpha value is -1.59. The molecule has 20 heavy (non-hydrogen) atoms. The largest absolute Gasteiger partial charge is 0.332 e. The maximum absolute atomic E-state index is 6.09. The molecule has 4 nitrogen and oxygen atoms in total. The van der Waals surface area contributed by atoms with Crippen LogP contribution >= 0.6 is 23.8 Å². The minimum Gasteiger partial charge on any atom is -0.332 e. The lowest BCUT2D eigenvalue weighted by Crippen LogP contribution is -2.19. The van der Waals surface area contributed by atoms with Gasteiger partial charge in [-0.1, -0.05) is 17.7 Å². The minimum absolute atomic E-state index is 0.517. The summed E-state index contributed by atoms with van der Waals surface area (Å²) >= 11 is 11.4. The Morgan fingerprint density at radius 2 is 2.10 bits per heavy atom. The van der Waals surface area contributed by atoms with Crippen LogP contribution in [0.5, 0.6) is 0 Å². The van der Waals surface area contributed by atoms with E-state index in [1.165, 1.54) is 0 Å². The number of anilines is 2. The van der Waals surface area contributed by atoms with Crippen LogP contribution in [0.1, 0.15) is 18.2 Å².